The van der Waals surface area contributed by atoms with Crippen LogP contribution in [-0.4, -0.2) is 38.7 Å². The van der Waals surface area contributed by atoms with E-state index < -0.39 is 23.8 Å². The van der Waals surface area contributed by atoms with Gasteiger partial charge in [0.15, 0.2) is 6.29 Å². The molecule has 0 aromatic heterocycles. The van der Waals surface area contributed by atoms with Crippen molar-refractivity contribution in [1.29, 1.82) is 0 Å². The van der Waals surface area contributed by atoms with E-state index in [0.717, 1.165) is 12.8 Å². The average Bonchev–Trinajstić information content (AvgIpc) is 2.32. The fourth-order valence-corrected chi connectivity index (χ4v) is 1.38. The summed E-state index contributed by atoms with van der Waals surface area (Å²) >= 11 is 0. The number of unbranched alkanes of at least 4 members (excludes halogenated alkanes) is 1. The topological polar surface area (TPSA) is 115 Å². The van der Waals surface area contributed by atoms with Crippen molar-refractivity contribution < 1.29 is 30.0 Å². The number of carbonyl (C=O) groups is 2. The summed E-state index contributed by atoms with van der Waals surface area (Å²) in [6.45, 7) is 5.50. The summed E-state index contributed by atoms with van der Waals surface area (Å²) < 4.78 is 0. The van der Waals surface area contributed by atoms with Crippen LogP contribution in [0.3, 0.4) is 0 Å². The van der Waals surface area contributed by atoms with Crippen LogP contribution < -0.4 is 0 Å². The van der Waals surface area contributed by atoms with Gasteiger partial charge < -0.3 is 20.4 Å². The second kappa shape index (κ2) is 11.7. The normalized spacial score (nSPS) is 9.58. The zero-order valence-electron chi connectivity index (χ0n) is 11.7. The molecule has 0 radical (unpaired) electrons. The number of hydrogen-bond acceptors (Lipinski definition) is 4. The molecule has 112 valence electrons. The van der Waals surface area contributed by atoms with Crippen LogP contribution in [0.5, 0.6) is 0 Å². The minimum atomic E-state index is -1.36. The summed E-state index contributed by atoms with van der Waals surface area (Å²) in [5, 5.41) is 33.6. The van der Waals surface area contributed by atoms with Crippen LogP contribution in [0.1, 0.15) is 52.9 Å². The summed E-state index contributed by atoms with van der Waals surface area (Å²) in [5.41, 5.74) is -0.0185. The van der Waals surface area contributed by atoms with Crippen molar-refractivity contribution in [1.82, 2.24) is 0 Å². The molecule has 0 bridgehead atoms. The van der Waals surface area contributed by atoms with E-state index in [1.165, 1.54) is 0 Å². The molecular weight excluding hydrogens is 252 g/mol. The highest BCUT2D eigenvalue weighted by molar-refractivity contribution is 6.13. The van der Waals surface area contributed by atoms with Crippen molar-refractivity contribution in [3.05, 3.63) is 11.1 Å². The Balaban J connectivity index is 0. The first-order chi connectivity index (χ1) is 8.81. The molecule has 0 amide bonds. The summed E-state index contributed by atoms with van der Waals surface area (Å²) in [6.07, 6.45) is 2.26. The first-order valence-electron chi connectivity index (χ1n) is 6.36. The van der Waals surface area contributed by atoms with Crippen LogP contribution in [0.2, 0.25) is 0 Å². The molecule has 0 heterocycles. The molecule has 0 aromatic rings. The van der Waals surface area contributed by atoms with E-state index in [1.807, 2.05) is 6.92 Å². The second-order valence-corrected chi connectivity index (χ2v) is 3.92. The van der Waals surface area contributed by atoms with Gasteiger partial charge in [0, 0.05) is 0 Å². The van der Waals surface area contributed by atoms with Crippen molar-refractivity contribution in [3.8, 4) is 0 Å². The molecule has 0 spiro atoms. The molecule has 0 aromatic carbocycles. The Morgan fingerprint density at radius 3 is 1.47 bits per heavy atom. The van der Waals surface area contributed by atoms with Crippen molar-refractivity contribution in [3.63, 3.8) is 0 Å². The highest BCUT2D eigenvalue weighted by atomic mass is 16.5. The lowest BCUT2D eigenvalue weighted by atomic mass is 10.0. The van der Waals surface area contributed by atoms with Crippen molar-refractivity contribution in [2.24, 2.45) is 0 Å². The number of aliphatic hydroxyl groups is 2. The smallest absolute Gasteiger partial charge is 0.343 e. The lowest BCUT2D eigenvalue weighted by molar-refractivity contribution is -0.140. The maximum atomic E-state index is 10.5. The molecule has 0 atom stereocenters. The number of aliphatic hydroxyl groups excluding tert-OH is 1. The fraction of sp³-hybridized carbons (Fsp3) is 0.692. The number of carboxylic acids is 2. The van der Waals surface area contributed by atoms with E-state index in [9.17, 15) is 9.59 Å². The Kier molecular flexibility index (Phi) is 12.2. The second-order valence-electron chi connectivity index (χ2n) is 3.92. The predicted octanol–water partition coefficient (Wildman–Crippen LogP) is 1.76. The maximum Gasteiger partial charge on any atom is 0.343 e. The van der Waals surface area contributed by atoms with Crippen LogP contribution in [0.25, 0.3) is 0 Å². The molecule has 0 saturated heterocycles. The molecule has 0 fully saturated rings. The molecule has 4 N–H and O–H groups in total. The Hall–Kier alpha value is -1.40. The summed E-state index contributed by atoms with van der Waals surface area (Å²) in [7, 11) is 0. The number of hydrogen-bond donors (Lipinski definition) is 4. The van der Waals surface area contributed by atoms with Gasteiger partial charge in [-0.15, -0.1) is 0 Å². The van der Waals surface area contributed by atoms with Crippen LogP contribution in [0, 0.1) is 0 Å². The Bertz CT molecular complexity index is 284. The first kappa shape index (κ1) is 19.9. The highest BCUT2D eigenvalue weighted by Crippen LogP contribution is 2.13. The molecule has 0 aliphatic heterocycles. The van der Waals surface area contributed by atoms with Gasteiger partial charge >= 0.3 is 11.9 Å². The number of allylic oxidation sites excluding steroid dienone is 1. The van der Waals surface area contributed by atoms with Crippen LogP contribution in [0.15, 0.2) is 11.1 Å². The molecule has 0 rings (SSSR count). The summed E-state index contributed by atoms with van der Waals surface area (Å²) in [6, 6.07) is 0. The third-order valence-corrected chi connectivity index (χ3v) is 2.45. The Labute approximate surface area is 113 Å². The van der Waals surface area contributed by atoms with E-state index in [4.69, 9.17) is 20.4 Å². The fourth-order valence-electron chi connectivity index (χ4n) is 1.38. The van der Waals surface area contributed by atoms with Crippen LogP contribution >= 0.6 is 0 Å². The SMILES string of the molecule is CCC(CC)=C(C(=O)O)C(=O)O.CCCCC(O)O. The number of carboxylic acid groups (broad SMARTS) is 2. The van der Waals surface area contributed by atoms with E-state index in [1.54, 1.807) is 13.8 Å². The number of aliphatic carboxylic acids is 2. The van der Waals surface area contributed by atoms with E-state index in [-0.39, 0.29) is 0 Å². The van der Waals surface area contributed by atoms with Crippen molar-refractivity contribution in [2.45, 2.75) is 59.2 Å². The van der Waals surface area contributed by atoms with Gasteiger partial charge in [0.1, 0.15) is 5.57 Å². The average molecular weight is 276 g/mol. The quantitative estimate of drug-likeness (QED) is 0.244. The molecule has 0 aliphatic carbocycles. The van der Waals surface area contributed by atoms with Crippen molar-refractivity contribution >= 4 is 11.9 Å². The third-order valence-electron chi connectivity index (χ3n) is 2.45. The molecule has 6 heteroatoms. The molecular formula is C13H24O6. The third kappa shape index (κ3) is 10.2. The molecule has 0 saturated carbocycles. The summed E-state index contributed by atoms with van der Waals surface area (Å²) in [5.74, 6) is -2.72. The molecule has 0 unspecified atom stereocenters. The number of rotatable bonds is 7. The lowest BCUT2D eigenvalue weighted by Gasteiger charge is -2.03. The maximum absolute atomic E-state index is 10.5. The predicted molar refractivity (Wildman–Crippen MR) is 70.6 cm³/mol. The van der Waals surface area contributed by atoms with Crippen molar-refractivity contribution in [2.75, 3.05) is 0 Å². The van der Waals surface area contributed by atoms with Crippen LogP contribution in [0.4, 0.5) is 0 Å². The van der Waals surface area contributed by atoms with Gasteiger partial charge in [-0.3, -0.25) is 0 Å². The molecule has 0 aliphatic rings. The zero-order valence-corrected chi connectivity index (χ0v) is 11.7. The van der Waals surface area contributed by atoms with Gasteiger partial charge in [0.2, 0.25) is 0 Å². The Morgan fingerprint density at radius 2 is 1.37 bits per heavy atom. The Morgan fingerprint density at radius 1 is 0.947 bits per heavy atom. The first-order valence-corrected chi connectivity index (χ1v) is 6.36. The van der Waals surface area contributed by atoms with Gasteiger partial charge in [0.25, 0.3) is 0 Å². The monoisotopic (exact) mass is 276 g/mol. The minimum Gasteiger partial charge on any atom is -0.477 e. The standard InChI is InChI=1S/C8H12O4.C5H12O2/c1-3-5(4-2)6(7(9)10)8(11)12;1-2-3-4-5(6)7/h3-4H2,1-2H3,(H,9,10)(H,11,12);5-7H,2-4H2,1H3. The van der Waals surface area contributed by atoms with Gasteiger partial charge in [-0.05, 0) is 31.3 Å². The lowest BCUT2D eigenvalue weighted by Crippen LogP contribution is -2.14. The minimum absolute atomic E-state index is 0.463. The zero-order chi connectivity index (χ0) is 15.4. The van der Waals surface area contributed by atoms with Gasteiger partial charge in [0.05, 0.1) is 0 Å². The molecule has 19 heavy (non-hydrogen) atoms. The van der Waals surface area contributed by atoms with Crippen LogP contribution in [-0.2, 0) is 9.59 Å². The molecule has 6 nitrogen and oxygen atoms in total. The van der Waals surface area contributed by atoms with E-state index in [0.29, 0.717) is 24.8 Å². The highest BCUT2D eigenvalue weighted by Gasteiger charge is 2.19. The largest absolute Gasteiger partial charge is 0.477 e. The summed E-state index contributed by atoms with van der Waals surface area (Å²) in [4.78, 5) is 20.9. The van der Waals surface area contributed by atoms with E-state index in [2.05, 4.69) is 0 Å². The van der Waals surface area contributed by atoms with Gasteiger partial charge in [-0.1, -0.05) is 27.2 Å². The van der Waals surface area contributed by atoms with E-state index >= 15 is 0 Å². The van der Waals surface area contributed by atoms with Gasteiger partial charge in [-0.25, -0.2) is 9.59 Å². The van der Waals surface area contributed by atoms with Gasteiger partial charge in [-0.2, -0.15) is 0 Å².